The standard InChI is InChI=1S/C15H22N2O/c1-3-9-16-14(18)11-17-10-12(2)15(17)13-7-5-4-6-8-13/h4-8,12,15H,3,9-11H2,1-2H3,(H,16,18)/t12-,15+/m0/s1. The number of nitrogens with one attached hydrogen (secondary N) is 1. The Labute approximate surface area is 109 Å². The van der Waals surface area contributed by atoms with Crippen molar-refractivity contribution in [3.63, 3.8) is 0 Å². The van der Waals surface area contributed by atoms with E-state index in [1.807, 2.05) is 6.07 Å². The molecule has 1 saturated heterocycles. The van der Waals surface area contributed by atoms with Crippen LogP contribution in [0.25, 0.3) is 0 Å². The van der Waals surface area contributed by atoms with Gasteiger partial charge in [0, 0.05) is 19.1 Å². The molecule has 18 heavy (non-hydrogen) atoms. The highest BCUT2D eigenvalue weighted by Gasteiger charge is 2.37. The molecule has 0 radical (unpaired) electrons. The van der Waals surface area contributed by atoms with Crippen molar-refractivity contribution >= 4 is 5.91 Å². The third-order valence-electron chi connectivity index (χ3n) is 3.51. The molecule has 2 atom stereocenters. The SMILES string of the molecule is CCCNC(=O)CN1C[C@H](C)[C@@H]1c1ccccc1. The fourth-order valence-electron chi connectivity index (χ4n) is 2.66. The number of rotatable bonds is 5. The van der Waals surface area contributed by atoms with Gasteiger partial charge in [0.1, 0.15) is 0 Å². The van der Waals surface area contributed by atoms with Gasteiger partial charge >= 0.3 is 0 Å². The fraction of sp³-hybridized carbons (Fsp3) is 0.533. The Kier molecular flexibility index (Phi) is 4.37. The predicted octanol–water partition coefficient (Wildman–Crippen LogP) is 2.21. The number of likely N-dealkylation sites (tertiary alicyclic amines) is 1. The van der Waals surface area contributed by atoms with Gasteiger partial charge in [-0.3, -0.25) is 9.69 Å². The molecule has 0 unspecified atom stereocenters. The first-order valence-electron chi connectivity index (χ1n) is 6.78. The highest BCUT2D eigenvalue weighted by molar-refractivity contribution is 5.78. The van der Waals surface area contributed by atoms with Gasteiger partial charge < -0.3 is 5.32 Å². The van der Waals surface area contributed by atoms with Crippen LogP contribution < -0.4 is 5.32 Å². The maximum atomic E-state index is 11.7. The second-order valence-corrected chi connectivity index (χ2v) is 5.11. The van der Waals surface area contributed by atoms with Crippen molar-refractivity contribution in [2.75, 3.05) is 19.6 Å². The Morgan fingerprint density at radius 3 is 2.72 bits per heavy atom. The number of amides is 1. The molecular weight excluding hydrogens is 224 g/mol. The molecule has 98 valence electrons. The molecule has 1 aromatic carbocycles. The van der Waals surface area contributed by atoms with Crippen molar-refractivity contribution < 1.29 is 4.79 Å². The predicted molar refractivity (Wildman–Crippen MR) is 73.2 cm³/mol. The monoisotopic (exact) mass is 246 g/mol. The second-order valence-electron chi connectivity index (χ2n) is 5.11. The Hall–Kier alpha value is -1.35. The molecule has 1 aromatic rings. The van der Waals surface area contributed by atoms with Crippen molar-refractivity contribution in [1.29, 1.82) is 0 Å². The summed E-state index contributed by atoms with van der Waals surface area (Å²) in [5, 5.41) is 2.94. The zero-order chi connectivity index (χ0) is 13.0. The van der Waals surface area contributed by atoms with E-state index in [0.717, 1.165) is 19.5 Å². The van der Waals surface area contributed by atoms with E-state index in [-0.39, 0.29) is 5.91 Å². The Balaban J connectivity index is 1.92. The van der Waals surface area contributed by atoms with Gasteiger partial charge in [0.15, 0.2) is 0 Å². The van der Waals surface area contributed by atoms with Crippen molar-refractivity contribution in [1.82, 2.24) is 10.2 Å². The molecule has 3 nitrogen and oxygen atoms in total. The van der Waals surface area contributed by atoms with Crippen LogP contribution in [0.3, 0.4) is 0 Å². The van der Waals surface area contributed by atoms with Crippen LogP contribution in [0.5, 0.6) is 0 Å². The summed E-state index contributed by atoms with van der Waals surface area (Å²) in [4.78, 5) is 14.0. The van der Waals surface area contributed by atoms with Crippen molar-refractivity contribution in [2.45, 2.75) is 26.3 Å². The molecule has 0 aromatic heterocycles. The van der Waals surface area contributed by atoms with Gasteiger partial charge in [-0.05, 0) is 17.9 Å². The second kappa shape index (κ2) is 6.01. The first kappa shape index (κ1) is 13.1. The van der Waals surface area contributed by atoms with Gasteiger partial charge in [-0.15, -0.1) is 0 Å². The molecular formula is C15H22N2O. The maximum absolute atomic E-state index is 11.7. The summed E-state index contributed by atoms with van der Waals surface area (Å²) in [6.07, 6.45) is 0.990. The minimum Gasteiger partial charge on any atom is -0.355 e. The van der Waals surface area contributed by atoms with Crippen LogP contribution in [0, 0.1) is 5.92 Å². The fourth-order valence-corrected chi connectivity index (χ4v) is 2.66. The number of hydrogen-bond acceptors (Lipinski definition) is 2. The highest BCUT2D eigenvalue weighted by atomic mass is 16.2. The largest absolute Gasteiger partial charge is 0.355 e. The average Bonchev–Trinajstić information content (AvgIpc) is 2.36. The van der Waals surface area contributed by atoms with E-state index in [0.29, 0.717) is 18.5 Å². The van der Waals surface area contributed by atoms with E-state index in [1.54, 1.807) is 0 Å². The molecule has 1 aliphatic heterocycles. The van der Waals surface area contributed by atoms with E-state index < -0.39 is 0 Å². The highest BCUT2D eigenvalue weighted by Crippen LogP contribution is 2.37. The summed E-state index contributed by atoms with van der Waals surface area (Å²) in [7, 11) is 0. The topological polar surface area (TPSA) is 32.3 Å². The first-order valence-corrected chi connectivity index (χ1v) is 6.78. The molecule has 1 heterocycles. The number of hydrogen-bond donors (Lipinski definition) is 1. The van der Waals surface area contributed by atoms with E-state index in [4.69, 9.17) is 0 Å². The summed E-state index contributed by atoms with van der Waals surface area (Å²) < 4.78 is 0. The van der Waals surface area contributed by atoms with Crippen LogP contribution in [0.4, 0.5) is 0 Å². The zero-order valence-electron chi connectivity index (χ0n) is 11.2. The van der Waals surface area contributed by atoms with Gasteiger partial charge in [0.05, 0.1) is 6.54 Å². The molecule has 1 amide bonds. The average molecular weight is 246 g/mol. The quantitative estimate of drug-likeness (QED) is 0.864. The maximum Gasteiger partial charge on any atom is 0.234 e. The lowest BCUT2D eigenvalue weighted by Gasteiger charge is -2.46. The summed E-state index contributed by atoms with van der Waals surface area (Å²) >= 11 is 0. The molecule has 2 rings (SSSR count). The van der Waals surface area contributed by atoms with Crippen LogP contribution in [0.2, 0.25) is 0 Å². The number of benzene rings is 1. The molecule has 3 heteroatoms. The van der Waals surface area contributed by atoms with Gasteiger partial charge in [-0.25, -0.2) is 0 Å². The van der Waals surface area contributed by atoms with Crippen molar-refractivity contribution in [3.8, 4) is 0 Å². The third-order valence-corrected chi connectivity index (χ3v) is 3.51. The van der Waals surface area contributed by atoms with E-state index in [1.165, 1.54) is 5.56 Å². The first-order chi connectivity index (χ1) is 8.72. The van der Waals surface area contributed by atoms with Crippen LogP contribution in [0.15, 0.2) is 30.3 Å². The number of nitrogens with zero attached hydrogens (tertiary/aromatic N) is 1. The lowest BCUT2D eigenvalue weighted by atomic mass is 9.85. The van der Waals surface area contributed by atoms with Crippen LogP contribution in [-0.2, 0) is 4.79 Å². The molecule has 1 fully saturated rings. The summed E-state index contributed by atoms with van der Waals surface area (Å²) in [5.74, 6) is 0.774. The summed E-state index contributed by atoms with van der Waals surface area (Å²) in [6, 6.07) is 10.9. The minimum atomic E-state index is 0.143. The number of carbonyl (C=O) groups excluding carboxylic acids is 1. The lowest BCUT2D eigenvalue weighted by molar-refractivity contribution is -0.125. The van der Waals surface area contributed by atoms with E-state index >= 15 is 0 Å². The van der Waals surface area contributed by atoms with E-state index in [9.17, 15) is 4.79 Å². The van der Waals surface area contributed by atoms with Gasteiger partial charge in [-0.1, -0.05) is 44.2 Å². The van der Waals surface area contributed by atoms with Crippen molar-refractivity contribution in [2.24, 2.45) is 5.92 Å². The van der Waals surface area contributed by atoms with Gasteiger partial charge in [-0.2, -0.15) is 0 Å². The van der Waals surface area contributed by atoms with Crippen LogP contribution in [0.1, 0.15) is 31.9 Å². The van der Waals surface area contributed by atoms with Gasteiger partial charge in [0.25, 0.3) is 0 Å². The molecule has 1 N–H and O–H groups in total. The molecule has 0 saturated carbocycles. The Morgan fingerprint density at radius 2 is 2.11 bits per heavy atom. The number of carbonyl (C=O) groups is 1. The van der Waals surface area contributed by atoms with Crippen LogP contribution >= 0.6 is 0 Å². The molecule has 0 bridgehead atoms. The zero-order valence-corrected chi connectivity index (χ0v) is 11.2. The third kappa shape index (κ3) is 2.91. The molecule has 1 aliphatic rings. The summed E-state index contributed by atoms with van der Waals surface area (Å²) in [5.41, 5.74) is 1.32. The Morgan fingerprint density at radius 1 is 1.39 bits per heavy atom. The summed E-state index contributed by atoms with van der Waals surface area (Å²) in [6.45, 7) is 6.62. The van der Waals surface area contributed by atoms with Crippen LogP contribution in [-0.4, -0.2) is 30.4 Å². The minimum absolute atomic E-state index is 0.143. The smallest absolute Gasteiger partial charge is 0.234 e. The normalized spacial score (nSPS) is 23.4. The Bertz CT molecular complexity index is 391. The molecule has 0 aliphatic carbocycles. The van der Waals surface area contributed by atoms with Gasteiger partial charge in [0.2, 0.25) is 5.91 Å². The lowest BCUT2D eigenvalue weighted by Crippen LogP contribution is -2.52. The van der Waals surface area contributed by atoms with E-state index in [2.05, 4.69) is 48.3 Å². The molecule has 0 spiro atoms. The van der Waals surface area contributed by atoms with Crippen molar-refractivity contribution in [3.05, 3.63) is 35.9 Å².